The Hall–Kier alpha value is -3.18. The summed E-state index contributed by atoms with van der Waals surface area (Å²) in [4.78, 5) is 28.8. The van der Waals surface area contributed by atoms with Gasteiger partial charge in [0.15, 0.2) is 0 Å². The van der Waals surface area contributed by atoms with Crippen molar-refractivity contribution >= 4 is 27.7 Å². The van der Waals surface area contributed by atoms with E-state index < -0.39 is 34.5 Å². The van der Waals surface area contributed by atoms with Crippen LogP contribution in [0.1, 0.15) is 51.0 Å². The predicted molar refractivity (Wildman–Crippen MR) is 149 cm³/mol. The number of ether oxygens (including phenoxy) is 1. The molecule has 0 heterocycles. The molecule has 1 fully saturated rings. The van der Waals surface area contributed by atoms with Gasteiger partial charge in [-0.25, -0.2) is 8.70 Å². The number of hydrogen-bond acceptors (Lipinski definition) is 5. The van der Waals surface area contributed by atoms with Crippen LogP contribution in [0.25, 0.3) is 0 Å². The first-order valence-corrected chi connectivity index (χ1v) is 14.7. The number of amides is 2. The molecule has 11 heteroatoms. The fourth-order valence-corrected chi connectivity index (χ4v) is 5.81. The Morgan fingerprint density at radius 3 is 2.26 bits per heavy atom. The Balaban J connectivity index is 1.96. The van der Waals surface area contributed by atoms with Gasteiger partial charge in [0.05, 0.1) is 12.8 Å². The maximum atomic E-state index is 14.8. The van der Waals surface area contributed by atoms with Crippen molar-refractivity contribution in [2.24, 2.45) is 0 Å². The van der Waals surface area contributed by atoms with E-state index in [9.17, 15) is 22.4 Å². The number of carbonyl (C=O) groups is 2. The van der Waals surface area contributed by atoms with Crippen LogP contribution in [-0.2, 0) is 26.3 Å². The molecule has 214 valence electrons. The highest BCUT2D eigenvalue weighted by Crippen LogP contribution is 2.25. The van der Waals surface area contributed by atoms with Crippen LogP contribution in [0.4, 0.5) is 10.1 Å². The van der Waals surface area contributed by atoms with Crippen molar-refractivity contribution in [1.29, 1.82) is 0 Å². The number of benzene rings is 2. The second-order valence-electron chi connectivity index (χ2n) is 9.89. The summed E-state index contributed by atoms with van der Waals surface area (Å²) < 4.78 is 48.1. The topological polar surface area (TPSA) is 99.3 Å². The average Bonchev–Trinajstić information content (AvgIpc) is 2.92. The van der Waals surface area contributed by atoms with Crippen molar-refractivity contribution in [3.63, 3.8) is 0 Å². The van der Waals surface area contributed by atoms with E-state index in [0.717, 1.165) is 52.3 Å². The molecule has 1 aliphatic rings. The Labute approximate surface area is 231 Å². The van der Waals surface area contributed by atoms with E-state index in [1.165, 1.54) is 37.2 Å². The van der Waals surface area contributed by atoms with Crippen molar-refractivity contribution in [1.82, 2.24) is 14.5 Å². The summed E-state index contributed by atoms with van der Waals surface area (Å²) in [5, 5.41) is 3.10. The van der Waals surface area contributed by atoms with Crippen molar-refractivity contribution in [3.05, 3.63) is 59.9 Å². The van der Waals surface area contributed by atoms with Crippen LogP contribution < -0.4 is 14.4 Å². The smallest absolute Gasteiger partial charge is 0.304 e. The highest BCUT2D eigenvalue weighted by atomic mass is 32.2. The Morgan fingerprint density at radius 1 is 1.05 bits per heavy atom. The van der Waals surface area contributed by atoms with Crippen LogP contribution in [0.3, 0.4) is 0 Å². The first-order chi connectivity index (χ1) is 18.6. The van der Waals surface area contributed by atoms with Crippen LogP contribution in [0.15, 0.2) is 48.5 Å². The summed E-state index contributed by atoms with van der Waals surface area (Å²) in [6, 6.07) is 11.7. The number of rotatable bonds is 12. The Kier molecular flexibility index (Phi) is 10.7. The van der Waals surface area contributed by atoms with Gasteiger partial charge in [-0.05, 0) is 49.1 Å². The third-order valence-corrected chi connectivity index (χ3v) is 8.80. The van der Waals surface area contributed by atoms with E-state index in [4.69, 9.17) is 4.74 Å². The maximum Gasteiger partial charge on any atom is 0.304 e. The van der Waals surface area contributed by atoms with Crippen molar-refractivity contribution in [2.45, 2.75) is 64.1 Å². The summed E-state index contributed by atoms with van der Waals surface area (Å²) in [6.45, 7) is 1.20. The molecule has 3 rings (SSSR count). The molecule has 2 amide bonds. The fourth-order valence-electron chi connectivity index (χ4n) is 4.75. The summed E-state index contributed by atoms with van der Waals surface area (Å²) in [6.07, 6.45) is 5.30. The maximum absolute atomic E-state index is 14.8. The van der Waals surface area contributed by atoms with Crippen molar-refractivity contribution < 1.29 is 27.1 Å². The average molecular weight is 563 g/mol. The summed E-state index contributed by atoms with van der Waals surface area (Å²) in [5.41, 5.74) is 0.490. The van der Waals surface area contributed by atoms with Gasteiger partial charge in [-0.2, -0.15) is 12.7 Å². The third-order valence-electron chi connectivity index (χ3n) is 6.99. The van der Waals surface area contributed by atoms with Gasteiger partial charge in [0.2, 0.25) is 11.8 Å². The molecule has 39 heavy (non-hydrogen) atoms. The van der Waals surface area contributed by atoms with Gasteiger partial charge in [-0.3, -0.25) is 9.59 Å². The number of para-hydroxylation sites is 1. The van der Waals surface area contributed by atoms with Gasteiger partial charge >= 0.3 is 10.2 Å². The molecule has 1 aliphatic carbocycles. The minimum Gasteiger partial charge on any atom is -0.497 e. The van der Waals surface area contributed by atoms with Crippen molar-refractivity contribution in [3.8, 4) is 5.75 Å². The zero-order valence-electron chi connectivity index (χ0n) is 23.1. The van der Waals surface area contributed by atoms with Crippen molar-refractivity contribution in [2.75, 3.05) is 32.1 Å². The second kappa shape index (κ2) is 13.7. The molecule has 2 aromatic rings. The van der Waals surface area contributed by atoms with Gasteiger partial charge in [0, 0.05) is 26.7 Å². The zero-order valence-corrected chi connectivity index (χ0v) is 23.9. The molecular weight excluding hydrogens is 523 g/mol. The van der Waals surface area contributed by atoms with E-state index in [-0.39, 0.29) is 24.2 Å². The summed E-state index contributed by atoms with van der Waals surface area (Å²) in [5.74, 6) is -1.04. The monoisotopic (exact) mass is 562 g/mol. The molecule has 9 nitrogen and oxygen atoms in total. The van der Waals surface area contributed by atoms with Crippen LogP contribution in [-0.4, -0.2) is 69.3 Å². The third kappa shape index (κ3) is 7.69. The summed E-state index contributed by atoms with van der Waals surface area (Å²) in [7, 11) is -0.0572. The minimum atomic E-state index is -4.24. The molecule has 0 aliphatic heterocycles. The number of anilines is 1. The van der Waals surface area contributed by atoms with E-state index in [0.29, 0.717) is 12.2 Å². The zero-order chi connectivity index (χ0) is 28.6. The Morgan fingerprint density at radius 2 is 1.69 bits per heavy atom. The summed E-state index contributed by atoms with van der Waals surface area (Å²) >= 11 is 0. The first kappa shape index (κ1) is 30.4. The normalized spacial score (nSPS) is 15.0. The van der Waals surface area contributed by atoms with Crippen LogP contribution >= 0.6 is 0 Å². The molecule has 0 spiro atoms. The molecule has 2 aromatic carbocycles. The molecule has 1 saturated carbocycles. The van der Waals surface area contributed by atoms with Gasteiger partial charge in [0.25, 0.3) is 0 Å². The molecule has 0 bridgehead atoms. The van der Waals surface area contributed by atoms with Gasteiger partial charge in [0.1, 0.15) is 24.2 Å². The molecule has 1 atom stereocenters. The second-order valence-corrected chi connectivity index (χ2v) is 12.0. The van der Waals surface area contributed by atoms with Gasteiger partial charge in [-0.15, -0.1) is 0 Å². The number of methoxy groups -OCH3 is 1. The van der Waals surface area contributed by atoms with E-state index in [1.807, 2.05) is 6.92 Å². The lowest BCUT2D eigenvalue weighted by Crippen LogP contribution is -2.54. The number of nitrogens with one attached hydrogen (secondary N) is 1. The number of carbonyl (C=O) groups excluding carboxylic acids is 2. The number of hydrogen-bond donors (Lipinski definition) is 1. The van der Waals surface area contributed by atoms with E-state index in [1.54, 1.807) is 31.4 Å². The lowest BCUT2D eigenvalue weighted by atomic mass is 9.95. The number of nitrogens with zero attached hydrogens (tertiary/aromatic N) is 3. The lowest BCUT2D eigenvalue weighted by molar-refractivity contribution is -0.140. The van der Waals surface area contributed by atoms with Gasteiger partial charge < -0.3 is 15.0 Å². The molecule has 0 radical (unpaired) electrons. The highest BCUT2D eigenvalue weighted by Gasteiger charge is 2.35. The number of halogens is 1. The SMILES string of the molecule is CCC(C(=O)NC1CCCCC1)N(Cc1ccc(OC)cc1)C(=O)CN(c1ccccc1F)S(=O)(=O)N(C)C. The van der Waals surface area contributed by atoms with E-state index in [2.05, 4.69) is 5.32 Å². The molecule has 1 N–H and O–H groups in total. The van der Waals surface area contributed by atoms with Crippen LogP contribution in [0, 0.1) is 5.82 Å². The standard InChI is InChI=1S/C28H39FN4O5S/c1-5-25(28(35)30-22-11-7-6-8-12-22)32(19-21-15-17-23(38-4)18-16-21)27(34)20-33(39(36,37)31(2)3)26-14-10-9-13-24(26)29/h9-10,13-18,22,25H,5-8,11-12,19-20H2,1-4H3,(H,30,35). The van der Waals surface area contributed by atoms with Gasteiger partial charge in [-0.1, -0.05) is 50.5 Å². The Bertz CT molecular complexity index is 1220. The van der Waals surface area contributed by atoms with Crippen LogP contribution in [0.5, 0.6) is 5.75 Å². The molecule has 0 aromatic heterocycles. The molecule has 0 saturated heterocycles. The molecule has 1 unspecified atom stereocenters. The molecular formula is C28H39FN4O5S. The predicted octanol–water partition coefficient (Wildman–Crippen LogP) is 3.70. The largest absolute Gasteiger partial charge is 0.497 e. The fraction of sp³-hybridized carbons (Fsp3) is 0.500. The first-order valence-electron chi connectivity index (χ1n) is 13.3. The van der Waals surface area contributed by atoms with E-state index >= 15 is 0 Å². The van der Waals surface area contributed by atoms with Crippen LogP contribution in [0.2, 0.25) is 0 Å². The minimum absolute atomic E-state index is 0.0438. The highest BCUT2D eigenvalue weighted by molar-refractivity contribution is 7.90. The lowest BCUT2D eigenvalue weighted by Gasteiger charge is -2.35. The quantitative estimate of drug-likeness (QED) is 0.425.